The van der Waals surface area contributed by atoms with E-state index in [2.05, 4.69) is 53.8 Å². The first-order chi connectivity index (χ1) is 18.8. The van der Waals surface area contributed by atoms with Crippen LogP contribution in [0, 0.1) is 0 Å². The molecular formula is C28H32N8O3. The Kier molecular flexibility index (Phi) is 6.69. The van der Waals surface area contributed by atoms with Crippen molar-refractivity contribution in [2.45, 2.75) is 57.5 Å². The number of ether oxygens (including phenoxy) is 1. The molecule has 3 aromatic heterocycles. The fourth-order valence-electron chi connectivity index (χ4n) is 5.01. The van der Waals surface area contributed by atoms with Crippen LogP contribution in [-0.4, -0.2) is 66.8 Å². The van der Waals surface area contributed by atoms with Gasteiger partial charge in [-0.1, -0.05) is 32.9 Å². The van der Waals surface area contributed by atoms with Crippen molar-refractivity contribution in [3.05, 3.63) is 65.8 Å². The molecule has 2 N–H and O–H groups in total. The number of nitrogens with one attached hydrogen (secondary N) is 2. The number of hydrogen-bond acceptors (Lipinski definition) is 10. The lowest BCUT2D eigenvalue weighted by molar-refractivity contribution is -0.0677. The van der Waals surface area contributed by atoms with Gasteiger partial charge in [0, 0.05) is 36.3 Å². The lowest BCUT2D eigenvalue weighted by Gasteiger charge is -2.36. The Bertz CT molecular complexity index is 1460. The first-order valence-corrected chi connectivity index (χ1v) is 13.2. The SMILES string of the molecule is CC(C)(C)c1nnc(C(=O)CC2CCN(C3COC3)Cc3cc(-c4ccnc(Nc5cn[nH]c5)n4)ccc32)o1. The van der Waals surface area contributed by atoms with Gasteiger partial charge in [0.05, 0.1) is 36.8 Å². The second-order valence-electron chi connectivity index (χ2n) is 11.2. The highest BCUT2D eigenvalue weighted by atomic mass is 16.5. The molecule has 1 aromatic carbocycles. The molecule has 39 heavy (non-hydrogen) atoms. The summed E-state index contributed by atoms with van der Waals surface area (Å²) in [5, 5.41) is 18.1. The van der Waals surface area contributed by atoms with E-state index in [0.29, 0.717) is 24.3 Å². The standard InChI is InChI=1S/C28H32N8O3/c1-28(2,3)26-35-34-25(39-26)24(37)11-17-7-9-36(21-15-38-16-21)14-19-10-18(4-5-22(17)19)23-6-8-29-27(33-23)32-20-12-30-31-13-20/h4-6,8,10,12-13,17,21H,7,9,11,14-16H2,1-3H3,(H,30,31)(H,29,32,33). The quantitative estimate of drug-likeness (QED) is 0.335. The van der Waals surface area contributed by atoms with Gasteiger partial charge in [0.25, 0.3) is 5.89 Å². The number of nitrogens with zero attached hydrogens (tertiary/aromatic N) is 6. The number of aromatic amines is 1. The van der Waals surface area contributed by atoms with Gasteiger partial charge in [0.2, 0.25) is 17.6 Å². The van der Waals surface area contributed by atoms with E-state index in [1.54, 1.807) is 18.6 Å². The van der Waals surface area contributed by atoms with E-state index in [1.807, 2.05) is 26.8 Å². The van der Waals surface area contributed by atoms with E-state index in [0.717, 1.165) is 49.7 Å². The van der Waals surface area contributed by atoms with Gasteiger partial charge in [-0.25, -0.2) is 9.97 Å². The van der Waals surface area contributed by atoms with Crippen LogP contribution in [0.3, 0.4) is 0 Å². The van der Waals surface area contributed by atoms with Crippen LogP contribution in [0.15, 0.2) is 47.3 Å². The van der Waals surface area contributed by atoms with E-state index < -0.39 is 0 Å². The van der Waals surface area contributed by atoms with Gasteiger partial charge < -0.3 is 14.5 Å². The molecule has 0 aliphatic carbocycles. The maximum Gasteiger partial charge on any atom is 0.284 e. The highest BCUT2D eigenvalue weighted by Crippen LogP contribution is 2.36. The third-order valence-electron chi connectivity index (χ3n) is 7.30. The molecule has 5 heterocycles. The smallest absolute Gasteiger partial charge is 0.284 e. The molecule has 11 nitrogen and oxygen atoms in total. The summed E-state index contributed by atoms with van der Waals surface area (Å²) in [4.78, 5) is 24.8. The zero-order valence-corrected chi connectivity index (χ0v) is 22.3. The minimum absolute atomic E-state index is 0.0428. The van der Waals surface area contributed by atoms with Crippen molar-refractivity contribution in [1.29, 1.82) is 0 Å². The predicted molar refractivity (Wildman–Crippen MR) is 144 cm³/mol. The molecule has 0 bridgehead atoms. The van der Waals surface area contributed by atoms with Crippen LogP contribution >= 0.6 is 0 Å². The van der Waals surface area contributed by atoms with Crippen molar-refractivity contribution in [3.63, 3.8) is 0 Å². The van der Waals surface area contributed by atoms with E-state index in [4.69, 9.17) is 14.1 Å². The monoisotopic (exact) mass is 528 g/mol. The van der Waals surface area contributed by atoms with Crippen LogP contribution < -0.4 is 5.32 Å². The number of H-pyrrole nitrogens is 1. The Balaban J connectivity index is 1.28. The third-order valence-corrected chi connectivity index (χ3v) is 7.30. The van der Waals surface area contributed by atoms with E-state index in [1.165, 1.54) is 11.1 Å². The number of fused-ring (bicyclic) bond motifs is 1. The number of aromatic nitrogens is 6. The molecule has 1 fully saturated rings. The van der Waals surface area contributed by atoms with Crippen LogP contribution in [0.1, 0.15) is 67.2 Å². The van der Waals surface area contributed by atoms with Gasteiger partial charge in [-0.2, -0.15) is 5.10 Å². The van der Waals surface area contributed by atoms with Gasteiger partial charge in [0.1, 0.15) is 0 Å². The molecule has 4 aromatic rings. The molecule has 11 heteroatoms. The van der Waals surface area contributed by atoms with Crippen molar-refractivity contribution in [3.8, 4) is 11.3 Å². The molecule has 2 aliphatic rings. The molecule has 0 spiro atoms. The summed E-state index contributed by atoms with van der Waals surface area (Å²) in [5.41, 5.74) is 4.66. The first kappa shape index (κ1) is 25.3. The number of rotatable bonds is 7. The van der Waals surface area contributed by atoms with Crippen molar-refractivity contribution in [2.75, 3.05) is 25.1 Å². The summed E-state index contributed by atoms with van der Waals surface area (Å²) in [6, 6.07) is 8.71. The molecular weight excluding hydrogens is 496 g/mol. The number of benzene rings is 1. The summed E-state index contributed by atoms with van der Waals surface area (Å²) in [7, 11) is 0. The zero-order chi connectivity index (χ0) is 27.0. The van der Waals surface area contributed by atoms with E-state index in [-0.39, 0.29) is 23.0 Å². The molecule has 1 saturated heterocycles. The number of anilines is 2. The van der Waals surface area contributed by atoms with Crippen molar-refractivity contribution < 1.29 is 13.9 Å². The lowest BCUT2D eigenvalue weighted by Crippen LogP contribution is -2.48. The second-order valence-corrected chi connectivity index (χ2v) is 11.2. The van der Waals surface area contributed by atoms with Crippen LogP contribution in [0.2, 0.25) is 0 Å². The fourth-order valence-corrected chi connectivity index (χ4v) is 5.01. The highest BCUT2D eigenvalue weighted by molar-refractivity contribution is 5.92. The van der Waals surface area contributed by atoms with Crippen molar-refractivity contribution in [1.82, 2.24) is 35.3 Å². The predicted octanol–water partition coefficient (Wildman–Crippen LogP) is 4.25. The van der Waals surface area contributed by atoms with Gasteiger partial charge in [0.15, 0.2) is 0 Å². The van der Waals surface area contributed by atoms with Gasteiger partial charge in [-0.15, -0.1) is 10.2 Å². The first-order valence-electron chi connectivity index (χ1n) is 13.2. The Morgan fingerprint density at radius 1 is 1.21 bits per heavy atom. The minimum Gasteiger partial charge on any atom is -0.418 e. The normalized spacial score (nSPS) is 18.3. The number of Topliss-reactive ketones (excluding diaryl/α,β-unsaturated/α-hetero) is 1. The molecule has 1 unspecified atom stereocenters. The maximum atomic E-state index is 13.3. The topological polar surface area (TPSA) is 135 Å². The Labute approximate surface area is 226 Å². The molecule has 6 rings (SSSR count). The van der Waals surface area contributed by atoms with Crippen LogP contribution in [0.4, 0.5) is 11.6 Å². The summed E-state index contributed by atoms with van der Waals surface area (Å²) in [6.45, 7) is 9.12. The number of carbonyl (C=O) groups excluding carboxylic acids is 1. The largest absolute Gasteiger partial charge is 0.418 e. The molecule has 2 aliphatic heterocycles. The summed E-state index contributed by atoms with van der Waals surface area (Å²) in [6.07, 6.45) is 6.35. The second kappa shape index (κ2) is 10.3. The van der Waals surface area contributed by atoms with E-state index in [9.17, 15) is 4.79 Å². The van der Waals surface area contributed by atoms with Gasteiger partial charge in [-0.3, -0.25) is 14.8 Å². The molecule has 202 valence electrons. The molecule has 0 amide bonds. The van der Waals surface area contributed by atoms with E-state index >= 15 is 0 Å². The number of ketones is 1. The van der Waals surface area contributed by atoms with Crippen LogP contribution in [0.5, 0.6) is 0 Å². The van der Waals surface area contributed by atoms with Crippen molar-refractivity contribution in [2.24, 2.45) is 0 Å². The third kappa shape index (κ3) is 5.45. The number of carbonyl (C=O) groups is 1. The Morgan fingerprint density at radius 3 is 2.79 bits per heavy atom. The Morgan fingerprint density at radius 2 is 2.08 bits per heavy atom. The molecule has 0 saturated carbocycles. The van der Waals surface area contributed by atoms with Gasteiger partial charge >= 0.3 is 0 Å². The fraction of sp³-hybridized carbons (Fsp3) is 0.429. The average Bonchev–Trinajstić information content (AvgIpc) is 3.55. The summed E-state index contributed by atoms with van der Waals surface area (Å²) >= 11 is 0. The average molecular weight is 529 g/mol. The summed E-state index contributed by atoms with van der Waals surface area (Å²) < 4.78 is 11.2. The minimum atomic E-state index is -0.308. The Hall–Kier alpha value is -3.96. The van der Waals surface area contributed by atoms with Crippen LogP contribution in [-0.2, 0) is 16.7 Å². The summed E-state index contributed by atoms with van der Waals surface area (Å²) in [5.74, 6) is 0.977. The van der Waals surface area contributed by atoms with Gasteiger partial charge in [-0.05, 0) is 42.1 Å². The molecule has 0 radical (unpaired) electrons. The highest BCUT2D eigenvalue weighted by Gasteiger charge is 2.33. The van der Waals surface area contributed by atoms with Crippen LogP contribution in [0.25, 0.3) is 11.3 Å². The van der Waals surface area contributed by atoms with Crippen molar-refractivity contribution >= 4 is 17.4 Å². The maximum absolute atomic E-state index is 13.3. The zero-order valence-electron chi connectivity index (χ0n) is 22.3. The lowest BCUT2D eigenvalue weighted by atomic mass is 9.87. The number of hydrogen-bond donors (Lipinski definition) is 2. The molecule has 1 atom stereocenters.